The average molecular weight is 512 g/mol. The van der Waals surface area contributed by atoms with E-state index >= 15 is 0 Å². The molecule has 0 saturated heterocycles. The summed E-state index contributed by atoms with van der Waals surface area (Å²) in [6.07, 6.45) is 2.25. The molecule has 0 aromatic carbocycles. The minimum Gasteiger partial charge on any atom is -0.480 e. The highest BCUT2D eigenvalue weighted by Crippen LogP contribution is 2.01. The fraction of sp³-hybridized carbons (Fsp3) is 0.789. The predicted molar refractivity (Wildman–Crippen MR) is 116 cm³/mol. The van der Waals surface area contributed by atoms with Gasteiger partial charge in [0.1, 0.15) is 19.3 Å². The Bertz CT molecular complexity index is 536. The Balaban J connectivity index is 3.72. The van der Waals surface area contributed by atoms with Crippen LogP contribution in [-0.4, -0.2) is 92.9 Å². The third-order valence-corrected chi connectivity index (χ3v) is 4.26. The van der Waals surface area contributed by atoms with Gasteiger partial charge in [-0.1, -0.05) is 22.9 Å². The van der Waals surface area contributed by atoms with E-state index in [4.69, 9.17) is 14.2 Å². The number of carboxylic acid groups (broad SMARTS) is 1. The number of amides is 3. The van der Waals surface area contributed by atoms with Crippen LogP contribution in [0.15, 0.2) is 0 Å². The number of carbonyl (C=O) groups excluding carboxylic acids is 3. The molecule has 1 atom stereocenters. The van der Waals surface area contributed by atoms with Gasteiger partial charge in [-0.2, -0.15) is 0 Å². The number of alkyl halides is 1. The summed E-state index contributed by atoms with van der Waals surface area (Å²) in [5.41, 5.74) is 0. The molecule has 11 nitrogen and oxygen atoms in total. The van der Waals surface area contributed by atoms with Crippen LogP contribution < -0.4 is 16.0 Å². The molecule has 0 fully saturated rings. The van der Waals surface area contributed by atoms with E-state index in [0.717, 1.165) is 6.42 Å². The van der Waals surface area contributed by atoms with Crippen molar-refractivity contribution in [3.05, 3.63) is 0 Å². The molecule has 180 valence electrons. The summed E-state index contributed by atoms with van der Waals surface area (Å²) in [6.45, 7) is 3.73. The van der Waals surface area contributed by atoms with Crippen LogP contribution in [0, 0.1) is 0 Å². The van der Waals surface area contributed by atoms with Gasteiger partial charge in [-0.25, -0.2) is 4.79 Å². The first-order valence-corrected chi connectivity index (χ1v) is 11.4. The lowest BCUT2D eigenvalue weighted by Gasteiger charge is -2.14. The van der Waals surface area contributed by atoms with Crippen molar-refractivity contribution in [1.29, 1.82) is 0 Å². The molecule has 4 N–H and O–H groups in total. The third-order valence-electron chi connectivity index (χ3n) is 3.75. The van der Waals surface area contributed by atoms with Crippen LogP contribution in [0.3, 0.4) is 0 Å². The number of carbonyl (C=O) groups is 4. The largest absolute Gasteiger partial charge is 0.480 e. The monoisotopic (exact) mass is 511 g/mol. The highest BCUT2D eigenvalue weighted by molar-refractivity contribution is 9.09. The highest BCUT2D eigenvalue weighted by atomic mass is 79.9. The van der Waals surface area contributed by atoms with Crippen molar-refractivity contribution in [2.45, 2.75) is 38.6 Å². The Morgan fingerprint density at radius 1 is 0.839 bits per heavy atom. The van der Waals surface area contributed by atoms with Crippen molar-refractivity contribution in [2.75, 3.05) is 58.1 Å². The van der Waals surface area contributed by atoms with Crippen molar-refractivity contribution in [3.8, 4) is 0 Å². The summed E-state index contributed by atoms with van der Waals surface area (Å²) in [6, 6.07) is -1.01. The Hall–Kier alpha value is -1.76. The standard InChI is InChI=1S/C19H34BrN3O8/c1-2-8-30-13-17(25)22-7-9-29-10-11-31-14-18(26)23-15(19(27)28)5-3-4-6-21-16(24)12-20/h15H,2-14H2,1H3,(H,21,24)(H,22,25)(H,23,26)(H,27,28)/t15-/m1/s1. The topological polar surface area (TPSA) is 152 Å². The SMILES string of the molecule is CCCOCC(=O)NCCOCCOCC(=O)N[C@H](CCCCNC(=O)CBr)C(=O)O. The van der Waals surface area contributed by atoms with E-state index in [1.54, 1.807) is 0 Å². The molecule has 12 heteroatoms. The van der Waals surface area contributed by atoms with Gasteiger partial charge in [0.15, 0.2) is 0 Å². The second kappa shape index (κ2) is 20.2. The molecule has 31 heavy (non-hydrogen) atoms. The molecule has 0 aliphatic heterocycles. The van der Waals surface area contributed by atoms with Gasteiger partial charge in [0, 0.05) is 19.7 Å². The van der Waals surface area contributed by atoms with Crippen LogP contribution in [0.5, 0.6) is 0 Å². The molecule has 0 rings (SSSR count). The molecule has 0 aromatic heterocycles. The normalized spacial score (nSPS) is 11.5. The molecule has 0 bridgehead atoms. The molecule has 0 aliphatic rings. The van der Waals surface area contributed by atoms with Crippen molar-refractivity contribution in [3.63, 3.8) is 0 Å². The minimum atomic E-state index is -1.12. The van der Waals surface area contributed by atoms with Crippen LogP contribution in [0.4, 0.5) is 0 Å². The first-order valence-electron chi connectivity index (χ1n) is 10.2. The van der Waals surface area contributed by atoms with Crippen LogP contribution in [0.25, 0.3) is 0 Å². The molecule has 0 aromatic rings. The number of hydrogen-bond acceptors (Lipinski definition) is 7. The van der Waals surface area contributed by atoms with Crippen molar-refractivity contribution >= 4 is 39.6 Å². The van der Waals surface area contributed by atoms with E-state index in [0.29, 0.717) is 39.1 Å². The summed E-state index contributed by atoms with van der Waals surface area (Å²) in [7, 11) is 0. The van der Waals surface area contributed by atoms with Gasteiger partial charge in [-0.05, 0) is 25.7 Å². The third kappa shape index (κ3) is 18.7. The second-order valence-electron chi connectivity index (χ2n) is 6.51. The van der Waals surface area contributed by atoms with Crippen LogP contribution in [0.1, 0.15) is 32.6 Å². The number of nitrogens with one attached hydrogen (secondary N) is 3. The number of hydrogen-bond donors (Lipinski definition) is 4. The van der Waals surface area contributed by atoms with E-state index in [1.165, 1.54) is 0 Å². The van der Waals surface area contributed by atoms with E-state index in [2.05, 4.69) is 31.9 Å². The van der Waals surface area contributed by atoms with Crippen LogP contribution >= 0.6 is 15.9 Å². The second-order valence-corrected chi connectivity index (χ2v) is 7.07. The lowest BCUT2D eigenvalue weighted by Crippen LogP contribution is -2.42. The maximum atomic E-state index is 11.8. The highest BCUT2D eigenvalue weighted by Gasteiger charge is 2.19. The molecule has 0 radical (unpaired) electrons. The van der Waals surface area contributed by atoms with Crippen molar-refractivity contribution < 1.29 is 38.5 Å². The van der Waals surface area contributed by atoms with Gasteiger partial charge >= 0.3 is 5.97 Å². The van der Waals surface area contributed by atoms with Crippen molar-refractivity contribution in [1.82, 2.24) is 16.0 Å². The molecular weight excluding hydrogens is 478 g/mol. The zero-order chi connectivity index (χ0) is 23.3. The number of rotatable bonds is 20. The Labute approximate surface area is 191 Å². The fourth-order valence-electron chi connectivity index (χ4n) is 2.25. The van der Waals surface area contributed by atoms with Gasteiger partial charge in [0.05, 0.1) is 25.2 Å². The lowest BCUT2D eigenvalue weighted by molar-refractivity contribution is -0.142. The minimum absolute atomic E-state index is 0.0249. The maximum absolute atomic E-state index is 11.8. The quantitative estimate of drug-likeness (QED) is 0.129. The summed E-state index contributed by atoms with van der Waals surface area (Å²) in [5.74, 6) is -1.99. The zero-order valence-electron chi connectivity index (χ0n) is 18.0. The van der Waals surface area contributed by atoms with E-state index in [-0.39, 0.29) is 50.0 Å². The number of ether oxygens (including phenoxy) is 3. The average Bonchev–Trinajstić information content (AvgIpc) is 2.74. The fourth-order valence-corrected chi connectivity index (χ4v) is 2.45. The Morgan fingerprint density at radius 3 is 2.16 bits per heavy atom. The van der Waals surface area contributed by atoms with Gasteiger partial charge < -0.3 is 35.3 Å². The van der Waals surface area contributed by atoms with E-state index in [1.807, 2.05) is 6.92 Å². The molecule has 3 amide bonds. The molecular formula is C19H34BrN3O8. The number of carboxylic acids is 1. The Kier molecular flexibility index (Phi) is 19.0. The van der Waals surface area contributed by atoms with Gasteiger partial charge in [0.25, 0.3) is 0 Å². The predicted octanol–water partition coefficient (Wildman–Crippen LogP) is -0.187. The van der Waals surface area contributed by atoms with E-state index < -0.39 is 17.9 Å². The molecule has 0 heterocycles. The molecule has 0 aliphatic carbocycles. The summed E-state index contributed by atoms with van der Waals surface area (Å²) < 4.78 is 15.5. The van der Waals surface area contributed by atoms with Crippen molar-refractivity contribution in [2.24, 2.45) is 0 Å². The van der Waals surface area contributed by atoms with Gasteiger partial charge in [0.2, 0.25) is 17.7 Å². The summed E-state index contributed by atoms with van der Waals surface area (Å²) in [4.78, 5) is 45.6. The number of aliphatic carboxylic acids is 1. The molecule has 0 unspecified atom stereocenters. The maximum Gasteiger partial charge on any atom is 0.326 e. The first-order chi connectivity index (χ1) is 14.9. The molecule has 0 saturated carbocycles. The van der Waals surface area contributed by atoms with Gasteiger partial charge in [-0.3, -0.25) is 14.4 Å². The summed E-state index contributed by atoms with van der Waals surface area (Å²) >= 11 is 3.03. The number of halogens is 1. The lowest BCUT2D eigenvalue weighted by atomic mass is 10.1. The van der Waals surface area contributed by atoms with Crippen LogP contribution in [0.2, 0.25) is 0 Å². The van der Waals surface area contributed by atoms with Crippen LogP contribution in [-0.2, 0) is 33.4 Å². The number of unbranched alkanes of at least 4 members (excludes halogenated alkanes) is 1. The summed E-state index contributed by atoms with van der Waals surface area (Å²) in [5, 5.41) is 17.1. The first kappa shape index (κ1) is 29.2. The zero-order valence-corrected chi connectivity index (χ0v) is 19.5. The van der Waals surface area contributed by atoms with E-state index in [9.17, 15) is 24.3 Å². The Morgan fingerprint density at radius 2 is 1.48 bits per heavy atom. The van der Waals surface area contributed by atoms with Gasteiger partial charge in [-0.15, -0.1) is 0 Å². The molecule has 0 spiro atoms. The smallest absolute Gasteiger partial charge is 0.326 e.